The van der Waals surface area contributed by atoms with Crippen molar-refractivity contribution in [1.29, 1.82) is 0 Å². The first kappa shape index (κ1) is 23.3. The Morgan fingerprint density at radius 2 is 1.97 bits per heavy atom. The Balaban J connectivity index is 1.98. The van der Waals surface area contributed by atoms with E-state index in [9.17, 15) is 14.7 Å². The summed E-state index contributed by atoms with van der Waals surface area (Å²) >= 11 is 1.01. The summed E-state index contributed by atoms with van der Waals surface area (Å²) in [5, 5.41) is 13.6. The van der Waals surface area contributed by atoms with E-state index in [-0.39, 0.29) is 6.61 Å². The Labute approximate surface area is 173 Å². The Morgan fingerprint density at radius 1 is 1.28 bits per heavy atom. The molecule has 2 atom stereocenters. The van der Waals surface area contributed by atoms with Gasteiger partial charge in [0, 0.05) is 25.6 Å². The molecule has 2 N–H and O–H groups in total. The summed E-state index contributed by atoms with van der Waals surface area (Å²) in [5.74, 6) is -0.460. The Bertz CT molecular complexity index is 673. The van der Waals surface area contributed by atoms with Crippen LogP contribution in [0.1, 0.15) is 27.7 Å². The molecular formula is C17H28N4O7S. The van der Waals surface area contributed by atoms with Gasteiger partial charge in [0.15, 0.2) is 0 Å². The highest BCUT2D eigenvalue weighted by molar-refractivity contribution is 6.99. The first-order valence-electron chi connectivity index (χ1n) is 9.21. The molecule has 0 bridgehead atoms. The molecule has 0 saturated carbocycles. The van der Waals surface area contributed by atoms with Crippen molar-refractivity contribution in [3.05, 3.63) is 0 Å². The topological polar surface area (TPSA) is 132 Å². The molecule has 1 aliphatic heterocycles. The summed E-state index contributed by atoms with van der Waals surface area (Å²) in [7, 11) is 0. The lowest BCUT2D eigenvalue weighted by molar-refractivity contribution is -0.170. The third-order valence-electron chi connectivity index (χ3n) is 3.83. The second-order valence-corrected chi connectivity index (χ2v) is 7.99. The standard InChI is InChI=1S/C17H28N4O7S/c1-11(22)27-10-28-16(24)13(18-17(2,3)4)12(23)9-26-15-14(19-29-20-15)21-5-7-25-8-6-21/h12-13,18,23H,5-10H2,1-4H3. The molecule has 1 fully saturated rings. The van der Waals surface area contributed by atoms with Gasteiger partial charge in [0.1, 0.15) is 18.8 Å². The van der Waals surface area contributed by atoms with Crippen LogP contribution in [0, 0.1) is 0 Å². The molecule has 0 spiro atoms. The number of aliphatic hydroxyl groups is 1. The molecule has 1 saturated heterocycles. The number of nitrogens with one attached hydrogen (secondary N) is 1. The van der Waals surface area contributed by atoms with Gasteiger partial charge in [-0.3, -0.25) is 14.9 Å². The van der Waals surface area contributed by atoms with E-state index in [1.165, 1.54) is 6.92 Å². The molecule has 2 heterocycles. The highest BCUT2D eigenvalue weighted by Crippen LogP contribution is 2.26. The smallest absolute Gasteiger partial charge is 0.328 e. The number of anilines is 1. The number of esters is 2. The van der Waals surface area contributed by atoms with Crippen molar-refractivity contribution in [2.45, 2.75) is 45.4 Å². The number of morpholine rings is 1. The first-order chi connectivity index (χ1) is 13.7. The zero-order valence-electron chi connectivity index (χ0n) is 17.0. The quantitative estimate of drug-likeness (QED) is 0.401. The molecule has 11 nitrogen and oxygen atoms in total. The SMILES string of the molecule is CC(=O)OCOC(=O)C(NC(C)(C)C)C(O)COc1nsnc1N1CCOCC1. The lowest BCUT2D eigenvalue weighted by Gasteiger charge is -2.30. The predicted molar refractivity (Wildman–Crippen MR) is 104 cm³/mol. The van der Waals surface area contributed by atoms with E-state index in [0.29, 0.717) is 38.0 Å². The molecule has 164 valence electrons. The maximum absolute atomic E-state index is 12.4. The molecule has 29 heavy (non-hydrogen) atoms. The number of ether oxygens (including phenoxy) is 4. The summed E-state index contributed by atoms with van der Waals surface area (Å²) in [6.07, 6.45) is -1.24. The Hall–Kier alpha value is -2.02. The fraction of sp³-hybridized carbons (Fsp3) is 0.765. The number of carbonyl (C=O) groups is 2. The number of hydrogen-bond acceptors (Lipinski definition) is 12. The van der Waals surface area contributed by atoms with Crippen molar-refractivity contribution in [1.82, 2.24) is 14.1 Å². The zero-order valence-corrected chi connectivity index (χ0v) is 17.9. The number of carbonyl (C=O) groups excluding carboxylic acids is 2. The number of aromatic nitrogens is 2. The Kier molecular flexibility index (Phi) is 8.56. The number of aliphatic hydroxyl groups excluding tert-OH is 1. The predicted octanol–water partition coefficient (Wildman–Crippen LogP) is -0.0651. The third kappa shape index (κ3) is 7.72. The molecule has 0 aliphatic carbocycles. The summed E-state index contributed by atoms with van der Waals surface area (Å²) in [6, 6.07) is -1.09. The largest absolute Gasteiger partial charge is 0.472 e. The molecule has 1 aliphatic rings. The summed E-state index contributed by atoms with van der Waals surface area (Å²) < 4.78 is 28.9. The number of hydrogen-bond donors (Lipinski definition) is 2. The van der Waals surface area contributed by atoms with Gasteiger partial charge in [0.05, 0.1) is 24.9 Å². The van der Waals surface area contributed by atoms with E-state index in [0.717, 1.165) is 11.7 Å². The van der Waals surface area contributed by atoms with Crippen molar-refractivity contribution in [3.8, 4) is 5.88 Å². The van der Waals surface area contributed by atoms with Crippen molar-refractivity contribution in [2.24, 2.45) is 0 Å². The van der Waals surface area contributed by atoms with Crippen LogP contribution >= 0.6 is 11.7 Å². The number of rotatable bonds is 9. The van der Waals surface area contributed by atoms with Crippen molar-refractivity contribution >= 4 is 29.5 Å². The lowest BCUT2D eigenvalue weighted by atomic mass is 10.0. The van der Waals surface area contributed by atoms with E-state index < -0.39 is 36.4 Å². The molecule has 2 unspecified atom stereocenters. The molecule has 2 rings (SSSR count). The van der Waals surface area contributed by atoms with Gasteiger partial charge >= 0.3 is 11.9 Å². The number of nitrogens with zero attached hydrogens (tertiary/aromatic N) is 3. The average molecular weight is 432 g/mol. The average Bonchev–Trinajstić information content (AvgIpc) is 3.12. The van der Waals surface area contributed by atoms with E-state index >= 15 is 0 Å². The third-order valence-corrected chi connectivity index (χ3v) is 4.34. The van der Waals surface area contributed by atoms with Crippen molar-refractivity contribution < 1.29 is 33.6 Å². The minimum absolute atomic E-state index is 0.209. The molecule has 1 aromatic rings. The Morgan fingerprint density at radius 3 is 2.59 bits per heavy atom. The van der Waals surface area contributed by atoms with Gasteiger partial charge in [-0.05, 0) is 20.8 Å². The van der Waals surface area contributed by atoms with Crippen LogP contribution in [0.4, 0.5) is 5.82 Å². The molecule has 1 aromatic heterocycles. The van der Waals surface area contributed by atoms with Crippen LogP contribution in [0.2, 0.25) is 0 Å². The highest BCUT2D eigenvalue weighted by atomic mass is 32.1. The summed E-state index contributed by atoms with van der Waals surface area (Å²) in [6.45, 7) is 8.50. The monoisotopic (exact) mass is 432 g/mol. The van der Waals surface area contributed by atoms with Crippen molar-refractivity contribution in [3.63, 3.8) is 0 Å². The molecule has 0 amide bonds. The summed E-state index contributed by atoms with van der Waals surface area (Å²) in [5.41, 5.74) is -0.493. The lowest BCUT2D eigenvalue weighted by Crippen LogP contribution is -2.55. The van der Waals surface area contributed by atoms with Crippen LogP contribution < -0.4 is 15.0 Å². The molecule has 0 radical (unpaired) electrons. The maximum Gasteiger partial charge on any atom is 0.328 e. The van der Waals surface area contributed by atoms with Crippen molar-refractivity contribution in [2.75, 3.05) is 44.6 Å². The van der Waals surface area contributed by atoms with E-state index in [2.05, 4.69) is 18.8 Å². The van der Waals surface area contributed by atoms with Gasteiger partial charge in [0.2, 0.25) is 12.6 Å². The van der Waals surface area contributed by atoms with Crippen LogP contribution in [-0.4, -0.2) is 83.2 Å². The minimum atomic E-state index is -1.24. The molecule has 12 heteroatoms. The summed E-state index contributed by atoms with van der Waals surface area (Å²) in [4.78, 5) is 25.2. The van der Waals surface area contributed by atoms with Crippen LogP contribution in [0.25, 0.3) is 0 Å². The highest BCUT2D eigenvalue weighted by Gasteiger charge is 2.33. The van der Waals surface area contributed by atoms with E-state index in [4.69, 9.17) is 14.2 Å². The van der Waals surface area contributed by atoms with Crippen LogP contribution in [0.15, 0.2) is 0 Å². The van der Waals surface area contributed by atoms with Crippen LogP contribution in [0.5, 0.6) is 5.88 Å². The van der Waals surface area contributed by atoms with E-state index in [1.807, 2.05) is 25.7 Å². The molecule has 0 aromatic carbocycles. The van der Waals surface area contributed by atoms with Gasteiger partial charge in [-0.25, -0.2) is 0 Å². The van der Waals surface area contributed by atoms with Crippen LogP contribution in [0.3, 0.4) is 0 Å². The molecular weight excluding hydrogens is 404 g/mol. The van der Waals surface area contributed by atoms with Gasteiger partial charge in [-0.2, -0.15) is 4.37 Å². The fourth-order valence-corrected chi connectivity index (χ4v) is 3.05. The van der Waals surface area contributed by atoms with Gasteiger partial charge in [-0.1, -0.05) is 0 Å². The fourth-order valence-electron chi connectivity index (χ4n) is 2.53. The maximum atomic E-state index is 12.4. The van der Waals surface area contributed by atoms with E-state index in [1.54, 1.807) is 0 Å². The zero-order chi connectivity index (χ0) is 21.4. The van der Waals surface area contributed by atoms with Crippen LogP contribution in [-0.2, 0) is 23.8 Å². The van der Waals surface area contributed by atoms with Gasteiger partial charge in [-0.15, -0.1) is 4.37 Å². The van der Waals surface area contributed by atoms with Gasteiger partial charge in [0.25, 0.3) is 5.88 Å². The second-order valence-electron chi connectivity index (χ2n) is 7.46. The normalized spacial score (nSPS) is 16.8. The first-order valence-corrected chi connectivity index (χ1v) is 9.94. The second kappa shape index (κ2) is 10.7. The minimum Gasteiger partial charge on any atom is -0.472 e. The van der Waals surface area contributed by atoms with Gasteiger partial charge < -0.3 is 29.0 Å².